The number of benzene rings is 2. The van der Waals surface area contributed by atoms with Crippen molar-refractivity contribution in [2.75, 3.05) is 35.2 Å². The number of rotatable bonds is 7. The number of para-hydroxylation sites is 1. The second kappa shape index (κ2) is 8.39. The number of hydrogen-bond acceptors (Lipinski definition) is 3. The summed E-state index contributed by atoms with van der Waals surface area (Å²) in [5.41, 5.74) is 5.31. The van der Waals surface area contributed by atoms with Gasteiger partial charge in [-0.05, 0) is 63.1 Å². The van der Waals surface area contributed by atoms with Gasteiger partial charge in [-0.25, -0.2) is 0 Å². The zero-order valence-corrected chi connectivity index (χ0v) is 15.0. The number of amides is 1. The van der Waals surface area contributed by atoms with E-state index in [-0.39, 0.29) is 12.5 Å². The van der Waals surface area contributed by atoms with Gasteiger partial charge in [0.25, 0.3) is 0 Å². The molecule has 0 aliphatic carbocycles. The van der Waals surface area contributed by atoms with Crippen LogP contribution in [0.25, 0.3) is 0 Å². The van der Waals surface area contributed by atoms with Crippen molar-refractivity contribution in [2.24, 2.45) is 0 Å². The molecule has 128 valence electrons. The molecule has 0 aliphatic rings. The van der Waals surface area contributed by atoms with E-state index in [1.165, 1.54) is 5.69 Å². The molecule has 0 atom stereocenters. The van der Waals surface area contributed by atoms with Crippen LogP contribution in [0.2, 0.25) is 0 Å². The summed E-state index contributed by atoms with van der Waals surface area (Å²) in [5.74, 6) is -0.0479. The molecule has 24 heavy (non-hydrogen) atoms. The van der Waals surface area contributed by atoms with Crippen molar-refractivity contribution in [3.63, 3.8) is 0 Å². The summed E-state index contributed by atoms with van der Waals surface area (Å²) >= 11 is 0. The molecule has 0 aromatic heterocycles. The van der Waals surface area contributed by atoms with Gasteiger partial charge in [0.1, 0.15) is 0 Å². The van der Waals surface area contributed by atoms with E-state index in [0.29, 0.717) is 0 Å². The normalized spacial score (nSPS) is 10.3. The van der Waals surface area contributed by atoms with Crippen LogP contribution in [-0.4, -0.2) is 25.5 Å². The fraction of sp³-hybridized carbons (Fsp3) is 0.350. The molecule has 0 fully saturated rings. The van der Waals surface area contributed by atoms with Gasteiger partial charge in [-0.3, -0.25) is 4.79 Å². The van der Waals surface area contributed by atoms with Gasteiger partial charge >= 0.3 is 0 Å². The molecular weight excluding hydrogens is 298 g/mol. The lowest BCUT2D eigenvalue weighted by molar-refractivity contribution is -0.114. The molecule has 2 aromatic rings. The minimum atomic E-state index is -0.0479. The zero-order chi connectivity index (χ0) is 17.5. The van der Waals surface area contributed by atoms with Gasteiger partial charge < -0.3 is 15.5 Å². The number of anilines is 3. The van der Waals surface area contributed by atoms with Crippen molar-refractivity contribution < 1.29 is 4.79 Å². The summed E-state index contributed by atoms with van der Waals surface area (Å²) in [7, 11) is 0. The Morgan fingerprint density at radius 1 is 0.958 bits per heavy atom. The SMILES string of the molecule is CCN(CC)c1ccc(NC(=O)CNc2c(C)cccc2C)cc1. The summed E-state index contributed by atoms with van der Waals surface area (Å²) in [6, 6.07) is 14.1. The maximum atomic E-state index is 12.2. The van der Waals surface area contributed by atoms with Gasteiger partial charge in [0, 0.05) is 30.2 Å². The summed E-state index contributed by atoms with van der Waals surface area (Å²) in [6.45, 7) is 10.6. The molecule has 0 bridgehead atoms. The van der Waals surface area contributed by atoms with Gasteiger partial charge in [0.15, 0.2) is 0 Å². The number of nitrogens with one attached hydrogen (secondary N) is 2. The van der Waals surface area contributed by atoms with E-state index in [2.05, 4.69) is 29.4 Å². The standard InChI is InChI=1S/C20H27N3O/c1-5-23(6-2)18-12-10-17(11-13-18)22-19(24)14-21-20-15(3)8-7-9-16(20)4/h7-13,21H,5-6,14H2,1-4H3,(H,22,24). The van der Waals surface area contributed by atoms with Crippen molar-refractivity contribution in [3.8, 4) is 0 Å². The summed E-state index contributed by atoms with van der Waals surface area (Å²) in [5, 5.41) is 6.16. The fourth-order valence-corrected chi connectivity index (χ4v) is 2.81. The monoisotopic (exact) mass is 325 g/mol. The van der Waals surface area contributed by atoms with Crippen LogP contribution in [-0.2, 0) is 4.79 Å². The molecule has 0 aliphatic heterocycles. The third-order valence-electron chi connectivity index (χ3n) is 4.19. The van der Waals surface area contributed by atoms with Crippen LogP contribution in [0.5, 0.6) is 0 Å². The second-order valence-corrected chi connectivity index (χ2v) is 5.89. The van der Waals surface area contributed by atoms with E-state index < -0.39 is 0 Å². The lowest BCUT2D eigenvalue weighted by Gasteiger charge is -2.21. The van der Waals surface area contributed by atoms with Gasteiger partial charge in [-0.1, -0.05) is 18.2 Å². The van der Waals surface area contributed by atoms with Crippen LogP contribution in [0.1, 0.15) is 25.0 Å². The average Bonchev–Trinajstić information content (AvgIpc) is 2.57. The molecule has 1 amide bonds. The Morgan fingerprint density at radius 3 is 2.08 bits per heavy atom. The molecule has 4 heteroatoms. The van der Waals surface area contributed by atoms with Gasteiger partial charge in [0.05, 0.1) is 6.54 Å². The van der Waals surface area contributed by atoms with Gasteiger partial charge in [-0.15, -0.1) is 0 Å². The number of nitrogens with zero attached hydrogens (tertiary/aromatic N) is 1. The van der Waals surface area contributed by atoms with Crippen molar-refractivity contribution in [2.45, 2.75) is 27.7 Å². The highest BCUT2D eigenvalue weighted by Crippen LogP contribution is 2.20. The van der Waals surface area contributed by atoms with E-state index in [0.717, 1.165) is 35.6 Å². The zero-order valence-electron chi connectivity index (χ0n) is 15.0. The molecule has 0 spiro atoms. The Kier molecular flexibility index (Phi) is 6.24. The fourth-order valence-electron chi connectivity index (χ4n) is 2.81. The average molecular weight is 325 g/mol. The first-order chi connectivity index (χ1) is 11.5. The van der Waals surface area contributed by atoms with Gasteiger partial charge in [0.2, 0.25) is 5.91 Å². The van der Waals surface area contributed by atoms with Crippen LogP contribution < -0.4 is 15.5 Å². The molecule has 2 aromatic carbocycles. The Morgan fingerprint density at radius 2 is 1.54 bits per heavy atom. The first-order valence-corrected chi connectivity index (χ1v) is 8.50. The highest BCUT2D eigenvalue weighted by molar-refractivity contribution is 5.94. The molecule has 0 saturated heterocycles. The Hall–Kier alpha value is -2.49. The topological polar surface area (TPSA) is 44.4 Å². The number of carbonyl (C=O) groups excluding carboxylic acids is 1. The Bertz CT molecular complexity index is 656. The van der Waals surface area contributed by atoms with Gasteiger partial charge in [-0.2, -0.15) is 0 Å². The molecular formula is C20H27N3O. The summed E-state index contributed by atoms with van der Waals surface area (Å²) in [4.78, 5) is 14.4. The lowest BCUT2D eigenvalue weighted by Crippen LogP contribution is -2.23. The van der Waals surface area contributed by atoms with Crippen molar-refractivity contribution in [3.05, 3.63) is 53.6 Å². The molecule has 4 nitrogen and oxygen atoms in total. The number of aryl methyl sites for hydroxylation is 2. The third-order valence-corrected chi connectivity index (χ3v) is 4.19. The molecule has 0 saturated carbocycles. The minimum Gasteiger partial charge on any atom is -0.376 e. The quantitative estimate of drug-likeness (QED) is 0.802. The maximum absolute atomic E-state index is 12.2. The van der Waals surface area contributed by atoms with E-state index >= 15 is 0 Å². The Balaban J connectivity index is 1.93. The molecule has 0 unspecified atom stereocenters. The first kappa shape index (κ1) is 17.9. The van der Waals surface area contributed by atoms with E-state index in [9.17, 15) is 4.79 Å². The van der Waals surface area contributed by atoms with Crippen molar-refractivity contribution >= 4 is 23.0 Å². The number of carbonyl (C=O) groups is 1. The maximum Gasteiger partial charge on any atom is 0.243 e. The largest absolute Gasteiger partial charge is 0.376 e. The van der Waals surface area contributed by atoms with Crippen LogP contribution in [0, 0.1) is 13.8 Å². The molecule has 0 heterocycles. The van der Waals surface area contributed by atoms with Crippen molar-refractivity contribution in [1.82, 2.24) is 0 Å². The lowest BCUT2D eigenvalue weighted by atomic mass is 10.1. The van der Waals surface area contributed by atoms with Crippen LogP contribution >= 0.6 is 0 Å². The molecule has 2 rings (SSSR count). The number of hydrogen-bond donors (Lipinski definition) is 2. The minimum absolute atomic E-state index is 0.0479. The predicted molar refractivity (Wildman–Crippen MR) is 103 cm³/mol. The van der Waals surface area contributed by atoms with E-state index in [1.54, 1.807) is 0 Å². The predicted octanol–water partition coefficient (Wildman–Crippen LogP) is 4.20. The highest BCUT2D eigenvalue weighted by Gasteiger charge is 2.07. The van der Waals surface area contributed by atoms with Crippen LogP contribution in [0.4, 0.5) is 17.1 Å². The molecule has 2 N–H and O–H groups in total. The van der Waals surface area contributed by atoms with Crippen LogP contribution in [0.3, 0.4) is 0 Å². The summed E-state index contributed by atoms with van der Waals surface area (Å²) in [6.07, 6.45) is 0. The summed E-state index contributed by atoms with van der Waals surface area (Å²) < 4.78 is 0. The Labute approximate surface area is 144 Å². The third kappa shape index (κ3) is 4.51. The van der Waals surface area contributed by atoms with E-state index in [4.69, 9.17) is 0 Å². The van der Waals surface area contributed by atoms with Crippen LogP contribution in [0.15, 0.2) is 42.5 Å². The molecule has 0 radical (unpaired) electrons. The van der Waals surface area contributed by atoms with Crippen molar-refractivity contribution in [1.29, 1.82) is 0 Å². The smallest absolute Gasteiger partial charge is 0.243 e. The highest BCUT2D eigenvalue weighted by atomic mass is 16.1. The first-order valence-electron chi connectivity index (χ1n) is 8.50. The van der Waals surface area contributed by atoms with E-state index in [1.807, 2.05) is 56.3 Å². The second-order valence-electron chi connectivity index (χ2n) is 5.89.